The van der Waals surface area contributed by atoms with Crippen molar-refractivity contribution in [2.45, 2.75) is 18.9 Å². The zero-order chi connectivity index (χ0) is 11.5. The first-order valence-electron chi connectivity index (χ1n) is 5.10. The molecular formula is C11H13FN2OS. The maximum atomic E-state index is 13.1. The van der Waals surface area contributed by atoms with Gasteiger partial charge in [-0.1, -0.05) is 0 Å². The average molecular weight is 240 g/mol. The summed E-state index contributed by atoms with van der Waals surface area (Å²) in [7, 11) is 1.43. The lowest BCUT2D eigenvalue weighted by Gasteiger charge is -2.10. The highest BCUT2D eigenvalue weighted by molar-refractivity contribution is 7.80. The Hall–Kier alpha value is -1.36. The van der Waals surface area contributed by atoms with Crippen molar-refractivity contribution in [2.75, 3.05) is 12.4 Å². The fourth-order valence-electron chi connectivity index (χ4n) is 1.32. The van der Waals surface area contributed by atoms with Crippen LogP contribution in [0.2, 0.25) is 0 Å². The molecule has 0 atom stereocenters. The number of thiocarbonyl (C=S) groups is 1. The predicted octanol–water partition coefficient (Wildman–Crippen LogP) is 2.28. The fraction of sp³-hybridized carbons (Fsp3) is 0.364. The van der Waals surface area contributed by atoms with Crippen molar-refractivity contribution in [3.63, 3.8) is 0 Å². The molecule has 0 saturated heterocycles. The summed E-state index contributed by atoms with van der Waals surface area (Å²) in [5, 5.41) is 6.69. The topological polar surface area (TPSA) is 33.3 Å². The highest BCUT2D eigenvalue weighted by Gasteiger charge is 2.21. The van der Waals surface area contributed by atoms with E-state index in [1.54, 1.807) is 12.1 Å². The fourth-order valence-corrected chi connectivity index (χ4v) is 1.60. The van der Waals surface area contributed by atoms with Gasteiger partial charge in [-0.3, -0.25) is 0 Å². The lowest BCUT2D eigenvalue weighted by Crippen LogP contribution is -2.30. The Morgan fingerprint density at radius 3 is 2.88 bits per heavy atom. The lowest BCUT2D eigenvalue weighted by atomic mass is 10.3. The SMILES string of the molecule is COc1cc(NC(=S)NC2CC2)ccc1F. The van der Waals surface area contributed by atoms with Gasteiger partial charge in [-0.2, -0.15) is 0 Å². The second-order valence-corrected chi connectivity index (χ2v) is 4.13. The standard InChI is InChI=1S/C11H13FN2OS/c1-15-10-6-8(4-5-9(10)12)14-11(16)13-7-2-3-7/h4-7H,2-3H2,1H3,(H2,13,14,16). The summed E-state index contributed by atoms with van der Waals surface area (Å²) < 4.78 is 18.0. The van der Waals surface area contributed by atoms with Crippen LogP contribution in [0.3, 0.4) is 0 Å². The van der Waals surface area contributed by atoms with Gasteiger partial charge in [0.05, 0.1) is 7.11 Å². The van der Waals surface area contributed by atoms with Crippen LogP contribution in [0.25, 0.3) is 0 Å². The zero-order valence-corrected chi connectivity index (χ0v) is 9.73. The van der Waals surface area contributed by atoms with Crippen molar-refractivity contribution >= 4 is 23.0 Å². The molecule has 0 amide bonds. The van der Waals surface area contributed by atoms with Crippen LogP contribution < -0.4 is 15.4 Å². The molecule has 0 aromatic heterocycles. The predicted molar refractivity (Wildman–Crippen MR) is 65.3 cm³/mol. The second kappa shape index (κ2) is 4.65. The van der Waals surface area contributed by atoms with Crippen LogP contribution in [-0.2, 0) is 0 Å². The van der Waals surface area contributed by atoms with Gasteiger partial charge in [-0.25, -0.2) is 4.39 Å². The smallest absolute Gasteiger partial charge is 0.170 e. The third-order valence-corrected chi connectivity index (χ3v) is 2.54. The summed E-state index contributed by atoms with van der Waals surface area (Å²) >= 11 is 5.11. The van der Waals surface area contributed by atoms with Crippen molar-refractivity contribution in [3.8, 4) is 5.75 Å². The van der Waals surface area contributed by atoms with E-state index in [0.717, 1.165) is 18.5 Å². The highest BCUT2D eigenvalue weighted by Crippen LogP contribution is 2.22. The number of rotatable bonds is 3. The Morgan fingerprint density at radius 2 is 2.25 bits per heavy atom. The summed E-state index contributed by atoms with van der Waals surface area (Å²) in [6, 6.07) is 5.05. The van der Waals surface area contributed by atoms with E-state index in [-0.39, 0.29) is 11.6 Å². The van der Waals surface area contributed by atoms with E-state index in [9.17, 15) is 4.39 Å². The van der Waals surface area contributed by atoms with Gasteiger partial charge in [0.2, 0.25) is 0 Å². The molecule has 0 unspecified atom stereocenters. The molecule has 0 heterocycles. The van der Waals surface area contributed by atoms with Gasteiger partial charge in [-0.05, 0) is 37.2 Å². The molecule has 5 heteroatoms. The number of ether oxygens (including phenoxy) is 1. The third kappa shape index (κ3) is 2.82. The third-order valence-electron chi connectivity index (χ3n) is 2.32. The van der Waals surface area contributed by atoms with Crippen LogP contribution in [0.15, 0.2) is 18.2 Å². The molecule has 1 saturated carbocycles. The molecule has 0 radical (unpaired) electrons. The number of methoxy groups -OCH3 is 1. The molecule has 1 fully saturated rings. The van der Waals surface area contributed by atoms with Crippen molar-refractivity contribution in [1.29, 1.82) is 0 Å². The van der Waals surface area contributed by atoms with Crippen LogP contribution in [0, 0.1) is 5.82 Å². The Labute approximate surface area is 99.0 Å². The minimum absolute atomic E-state index is 0.208. The molecule has 86 valence electrons. The van der Waals surface area contributed by atoms with Crippen molar-refractivity contribution < 1.29 is 9.13 Å². The van der Waals surface area contributed by atoms with E-state index >= 15 is 0 Å². The van der Waals surface area contributed by atoms with E-state index in [4.69, 9.17) is 17.0 Å². The minimum atomic E-state index is -0.380. The quantitative estimate of drug-likeness (QED) is 0.794. The van der Waals surface area contributed by atoms with E-state index in [0.29, 0.717) is 11.2 Å². The maximum absolute atomic E-state index is 13.1. The van der Waals surface area contributed by atoms with Gasteiger partial charge >= 0.3 is 0 Å². The lowest BCUT2D eigenvalue weighted by molar-refractivity contribution is 0.387. The normalized spacial score (nSPS) is 14.4. The van der Waals surface area contributed by atoms with Gasteiger partial charge in [0.15, 0.2) is 16.7 Å². The molecule has 3 nitrogen and oxygen atoms in total. The first kappa shape index (κ1) is 11.1. The maximum Gasteiger partial charge on any atom is 0.170 e. The largest absolute Gasteiger partial charge is 0.494 e. The molecule has 16 heavy (non-hydrogen) atoms. The summed E-state index contributed by atoms with van der Waals surface area (Å²) in [6.45, 7) is 0. The summed E-state index contributed by atoms with van der Waals surface area (Å²) in [5.74, 6) is -0.173. The molecule has 0 aliphatic heterocycles. The highest BCUT2D eigenvalue weighted by atomic mass is 32.1. The number of halogens is 1. The average Bonchev–Trinajstić information content (AvgIpc) is 3.04. The Kier molecular flexibility index (Phi) is 3.24. The molecule has 0 bridgehead atoms. The van der Waals surface area contributed by atoms with E-state index < -0.39 is 0 Å². The zero-order valence-electron chi connectivity index (χ0n) is 8.92. The van der Waals surface area contributed by atoms with Crippen molar-refractivity contribution in [3.05, 3.63) is 24.0 Å². The minimum Gasteiger partial charge on any atom is -0.494 e. The summed E-state index contributed by atoms with van der Waals surface area (Å²) in [4.78, 5) is 0. The van der Waals surface area contributed by atoms with E-state index in [1.807, 2.05) is 0 Å². The van der Waals surface area contributed by atoms with Crippen LogP contribution in [-0.4, -0.2) is 18.3 Å². The number of hydrogen-bond acceptors (Lipinski definition) is 2. The van der Waals surface area contributed by atoms with E-state index in [2.05, 4.69) is 10.6 Å². The first-order valence-corrected chi connectivity index (χ1v) is 5.51. The van der Waals surface area contributed by atoms with Gasteiger partial charge in [0, 0.05) is 17.8 Å². The van der Waals surface area contributed by atoms with Crippen molar-refractivity contribution in [1.82, 2.24) is 5.32 Å². The number of benzene rings is 1. The van der Waals surface area contributed by atoms with Crippen molar-refractivity contribution in [2.24, 2.45) is 0 Å². The van der Waals surface area contributed by atoms with Gasteiger partial charge in [0.1, 0.15) is 0 Å². The molecule has 2 rings (SSSR count). The molecule has 1 aliphatic carbocycles. The summed E-state index contributed by atoms with van der Waals surface area (Å²) in [6.07, 6.45) is 2.32. The molecule has 1 aliphatic rings. The Morgan fingerprint density at radius 1 is 1.50 bits per heavy atom. The first-order chi connectivity index (χ1) is 7.69. The molecule has 0 spiro atoms. The number of anilines is 1. The van der Waals surface area contributed by atoms with Crippen LogP contribution >= 0.6 is 12.2 Å². The van der Waals surface area contributed by atoms with Crippen LogP contribution in [0.4, 0.5) is 10.1 Å². The van der Waals surface area contributed by atoms with E-state index in [1.165, 1.54) is 13.2 Å². The number of nitrogens with one attached hydrogen (secondary N) is 2. The monoisotopic (exact) mass is 240 g/mol. The summed E-state index contributed by atoms with van der Waals surface area (Å²) in [5.41, 5.74) is 0.719. The second-order valence-electron chi connectivity index (χ2n) is 3.72. The van der Waals surface area contributed by atoms with Crippen LogP contribution in [0.1, 0.15) is 12.8 Å². The van der Waals surface area contributed by atoms with Gasteiger partial charge in [-0.15, -0.1) is 0 Å². The molecular weight excluding hydrogens is 227 g/mol. The molecule has 1 aromatic rings. The van der Waals surface area contributed by atoms with Crippen LogP contribution in [0.5, 0.6) is 5.75 Å². The Bertz CT molecular complexity index is 407. The molecule has 1 aromatic carbocycles. The van der Waals surface area contributed by atoms with Gasteiger partial charge < -0.3 is 15.4 Å². The number of hydrogen-bond donors (Lipinski definition) is 2. The Balaban J connectivity index is 1.99. The molecule has 2 N–H and O–H groups in total. The van der Waals surface area contributed by atoms with Gasteiger partial charge in [0.25, 0.3) is 0 Å².